The molecule has 114 valence electrons. The average Bonchev–Trinajstić information content (AvgIpc) is 2.32. The van der Waals surface area contributed by atoms with Crippen molar-refractivity contribution >= 4 is 8.32 Å². The van der Waals surface area contributed by atoms with E-state index >= 15 is 0 Å². The Hall–Kier alpha value is -0.123. The first kappa shape index (κ1) is 18.9. The van der Waals surface area contributed by atoms with Gasteiger partial charge in [0, 0.05) is 6.61 Å². The topological polar surface area (TPSA) is 29.5 Å². The third-order valence-corrected chi connectivity index (χ3v) is 10.2. The molecule has 0 aliphatic heterocycles. The van der Waals surface area contributed by atoms with Gasteiger partial charge < -0.3 is 9.53 Å². The lowest BCUT2D eigenvalue weighted by atomic mass is 10.2. The van der Waals surface area contributed by atoms with E-state index in [0.29, 0.717) is 16.6 Å². The smallest absolute Gasteiger partial charge is 0.201 e. The highest BCUT2D eigenvalue weighted by atomic mass is 28.4. The predicted molar refractivity (Wildman–Crippen MR) is 87.1 cm³/mol. The lowest BCUT2D eigenvalue weighted by molar-refractivity contribution is 0.211. The van der Waals surface area contributed by atoms with E-state index in [2.05, 4.69) is 54.5 Å². The molecule has 1 atom stereocenters. The van der Waals surface area contributed by atoms with Gasteiger partial charge in [-0.3, -0.25) is 0 Å². The Morgan fingerprint density at radius 2 is 1.47 bits per heavy atom. The lowest BCUT2D eigenvalue weighted by Crippen LogP contribution is -2.49. The van der Waals surface area contributed by atoms with Gasteiger partial charge in [-0.2, -0.15) is 0 Å². The molecule has 0 spiro atoms. The number of hydrogen-bond donors (Lipinski definition) is 1. The molecule has 19 heavy (non-hydrogen) atoms. The fraction of sp³-hybridized carbons (Fsp3) is 0.875. The maximum absolute atomic E-state index is 8.87. The molecule has 2 nitrogen and oxygen atoms in total. The highest BCUT2D eigenvalue weighted by Crippen LogP contribution is 2.43. The van der Waals surface area contributed by atoms with Gasteiger partial charge in [0.05, 0.1) is 6.10 Å². The molecule has 0 amide bonds. The van der Waals surface area contributed by atoms with Crippen LogP contribution in [0.15, 0.2) is 12.2 Å². The van der Waals surface area contributed by atoms with Crippen molar-refractivity contribution in [3.05, 3.63) is 12.2 Å². The molecule has 0 saturated carbocycles. The van der Waals surface area contributed by atoms with Crippen molar-refractivity contribution in [3.8, 4) is 0 Å². The molecule has 3 heteroatoms. The van der Waals surface area contributed by atoms with Gasteiger partial charge in [-0.25, -0.2) is 0 Å². The SMILES string of the molecule is CC[C@@H](C=CCCO)O[Si](C(C)C)(C(C)C)C(C)C. The maximum atomic E-state index is 8.87. The summed E-state index contributed by atoms with van der Waals surface area (Å²) in [5, 5.41) is 8.87. The van der Waals surface area contributed by atoms with Gasteiger partial charge in [-0.05, 0) is 29.5 Å². The summed E-state index contributed by atoms with van der Waals surface area (Å²) in [7, 11) is -1.79. The Labute approximate surface area is 121 Å². The zero-order valence-corrected chi connectivity index (χ0v) is 14.9. The molecule has 0 fully saturated rings. The molecule has 0 bridgehead atoms. The summed E-state index contributed by atoms with van der Waals surface area (Å²) in [6.07, 6.45) is 6.12. The fourth-order valence-corrected chi connectivity index (χ4v) is 8.84. The molecule has 0 heterocycles. The van der Waals surface area contributed by atoms with E-state index in [9.17, 15) is 0 Å². The standard InChI is InChI=1S/C16H34O2Si/c1-8-16(11-9-10-12-17)18-19(13(2)3,14(4)5)15(6)7/h9,11,13-17H,8,10,12H2,1-7H3/t16-/m0/s1. The second kappa shape index (κ2) is 8.93. The van der Waals surface area contributed by atoms with Crippen molar-refractivity contribution in [2.45, 2.75) is 84.0 Å². The van der Waals surface area contributed by atoms with Crippen molar-refractivity contribution in [1.82, 2.24) is 0 Å². The minimum atomic E-state index is -1.79. The van der Waals surface area contributed by atoms with Crippen LogP contribution < -0.4 is 0 Å². The van der Waals surface area contributed by atoms with E-state index in [1.165, 1.54) is 0 Å². The first-order valence-corrected chi connectivity index (χ1v) is 9.92. The molecular weight excluding hydrogens is 252 g/mol. The van der Waals surface area contributed by atoms with Gasteiger partial charge in [-0.15, -0.1) is 0 Å². The van der Waals surface area contributed by atoms with Gasteiger partial charge in [0.15, 0.2) is 0 Å². The molecule has 0 aromatic carbocycles. The van der Waals surface area contributed by atoms with Crippen LogP contribution in [0.3, 0.4) is 0 Å². The van der Waals surface area contributed by atoms with Gasteiger partial charge in [0.1, 0.15) is 0 Å². The molecule has 0 aromatic rings. The molecule has 0 aromatic heterocycles. The predicted octanol–water partition coefficient (Wildman–Crippen LogP) is 4.90. The Kier molecular flexibility index (Phi) is 8.87. The summed E-state index contributed by atoms with van der Waals surface area (Å²) in [6.45, 7) is 16.3. The Balaban J connectivity index is 5.07. The molecule has 0 saturated heterocycles. The van der Waals surface area contributed by atoms with E-state index in [0.717, 1.165) is 12.8 Å². The second-order valence-corrected chi connectivity index (χ2v) is 11.7. The summed E-state index contributed by atoms with van der Waals surface area (Å²) in [5.41, 5.74) is 1.85. The number of rotatable bonds is 9. The van der Waals surface area contributed by atoms with Gasteiger partial charge >= 0.3 is 0 Å². The van der Waals surface area contributed by atoms with Crippen molar-refractivity contribution < 1.29 is 9.53 Å². The highest BCUT2D eigenvalue weighted by Gasteiger charge is 2.46. The first-order valence-electron chi connectivity index (χ1n) is 7.78. The third kappa shape index (κ3) is 5.05. The van der Waals surface area contributed by atoms with Crippen molar-refractivity contribution in [1.29, 1.82) is 0 Å². The zero-order chi connectivity index (χ0) is 15.1. The summed E-state index contributed by atoms with van der Waals surface area (Å²) in [4.78, 5) is 0. The lowest BCUT2D eigenvalue weighted by Gasteiger charge is -2.44. The minimum absolute atomic E-state index is 0.199. The molecule has 0 aliphatic rings. The summed E-state index contributed by atoms with van der Waals surface area (Å²) < 4.78 is 6.69. The minimum Gasteiger partial charge on any atom is -0.410 e. The Morgan fingerprint density at radius 1 is 1.00 bits per heavy atom. The summed E-state index contributed by atoms with van der Waals surface area (Å²) >= 11 is 0. The van der Waals surface area contributed by atoms with Crippen LogP contribution in [0.1, 0.15) is 61.3 Å². The number of hydrogen-bond acceptors (Lipinski definition) is 2. The summed E-state index contributed by atoms with van der Waals surface area (Å²) in [6, 6.07) is 0. The van der Waals surface area contributed by atoms with Gasteiger partial charge in [0.25, 0.3) is 0 Å². The van der Waals surface area contributed by atoms with Crippen molar-refractivity contribution in [2.24, 2.45) is 0 Å². The van der Waals surface area contributed by atoms with E-state index in [-0.39, 0.29) is 12.7 Å². The largest absolute Gasteiger partial charge is 0.410 e. The zero-order valence-electron chi connectivity index (χ0n) is 13.9. The van der Waals surface area contributed by atoms with Crippen LogP contribution in [0.5, 0.6) is 0 Å². The number of aliphatic hydroxyl groups is 1. The van der Waals surface area contributed by atoms with E-state index in [1.54, 1.807) is 0 Å². The van der Waals surface area contributed by atoms with E-state index in [4.69, 9.17) is 9.53 Å². The third-order valence-electron chi connectivity index (χ3n) is 4.11. The van der Waals surface area contributed by atoms with Crippen molar-refractivity contribution in [3.63, 3.8) is 0 Å². The van der Waals surface area contributed by atoms with Crippen LogP contribution in [0.4, 0.5) is 0 Å². The van der Waals surface area contributed by atoms with Crippen LogP contribution in [0.2, 0.25) is 16.6 Å². The van der Waals surface area contributed by atoms with Gasteiger partial charge in [-0.1, -0.05) is 60.6 Å². The van der Waals surface area contributed by atoms with Crippen LogP contribution in [0, 0.1) is 0 Å². The molecule has 0 aliphatic carbocycles. The summed E-state index contributed by atoms with van der Waals surface area (Å²) in [5.74, 6) is 0. The quantitative estimate of drug-likeness (QED) is 0.483. The monoisotopic (exact) mass is 286 g/mol. The Morgan fingerprint density at radius 3 is 1.79 bits per heavy atom. The molecule has 0 unspecified atom stereocenters. The first-order chi connectivity index (χ1) is 8.82. The van der Waals surface area contributed by atoms with E-state index < -0.39 is 8.32 Å². The van der Waals surface area contributed by atoms with Gasteiger partial charge in [0.2, 0.25) is 8.32 Å². The Bertz CT molecular complexity index is 238. The average molecular weight is 287 g/mol. The van der Waals surface area contributed by atoms with Crippen LogP contribution in [0.25, 0.3) is 0 Å². The highest BCUT2D eigenvalue weighted by molar-refractivity contribution is 6.77. The maximum Gasteiger partial charge on any atom is 0.201 e. The normalized spacial score (nSPS) is 15.1. The second-order valence-electron chi connectivity index (χ2n) is 6.32. The van der Waals surface area contributed by atoms with Crippen LogP contribution >= 0.6 is 0 Å². The van der Waals surface area contributed by atoms with Crippen molar-refractivity contribution in [2.75, 3.05) is 6.61 Å². The molecule has 0 radical (unpaired) electrons. The van der Waals surface area contributed by atoms with Crippen LogP contribution in [-0.4, -0.2) is 26.1 Å². The molecule has 0 rings (SSSR count). The fourth-order valence-electron chi connectivity index (χ4n) is 3.25. The molecular formula is C16H34O2Si. The number of aliphatic hydroxyl groups excluding tert-OH is 1. The van der Waals surface area contributed by atoms with Crippen LogP contribution in [-0.2, 0) is 4.43 Å². The van der Waals surface area contributed by atoms with E-state index in [1.807, 2.05) is 6.08 Å². The molecule has 1 N–H and O–H groups in total.